The van der Waals surface area contributed by atoms with E-state index in [1.165, 1.54) is 0 Å². The Labute approximate surface area is 124 Å². The van der Waals surface area contributed by atoms with Crippen molar-refractivity contribution in [2.24, 2.45) is 7.05 Å². The third kappa shape index (κ3) is 2.31. The molecule has 3 heteroatoms. The van der Waals surface area contributed by atoms with Crippen LogP contribution in [0.2, 0.25) is 0 Å². The number of rotatable bonds is 3. The number of hydrogen-bond acceptors (Lipinski definition) is 2. The van der Waals surface area contributed by atoms with E-state index in [1.54, 1.807) is 13.4 Å². The Morgan fingerprint density at radius 2 is 1.76 bits per heavy atom. The second-order valence-corrected chi connectivity index (χ2v) is 4.98. The van der Waals surface area contributed by atoms with Crippen LogP contribution < -0.4 is 9.30 Å². The zero-order valence-electron chi connectivity index (χ0n) is 12.5. The van der Waals surface area contributed by atoms with Gasteiger partial charge in [0.1, 0.15) is 12.8 Å². The Kier molecular flexibility index (Phi) is 3.48. The molecular formula is C18H18NO2+. The van der Waals surface area contributed by atoms with Crippen molar-refractivity contribution in [2.75, 3.05) is 7.11 Å². The molecule has 0 bridgehead atoms. The van der Waals surface area contributed by atoms with E-state index in [9.17, 15) is 0 Å². The first-order valence-corrected chi connectivity index (χ1v) is 6.89. The predicted octanol–water partition coefficient (Wildman–Crippen LogP) is 3.76. The largest absolute Gasteiger partial charge is 0.496 e. The van der Waals surface area contributed by atoms with Crippen LogP contribution >= 0.6 is 0 Å². The van der Waals surface area contributed by atoms with Crippen molar-refractivity contribution in [3.8, 4) is 28.5 Å². The highest BCUT2D eigenvalue weighted by molar-refractivity contribution is 5.65. The fourth-order valence-electron chi connectivity index (χ4n) is 2.58. The van der Waals surface area contributed by atoms with Crippen LogP contribution in [0.3, 0.4) is 0 Å². The minimum absolute atomic E-state index is 0.841. The van der Waals surface area contributed by atoms with Gasteiger partial charge < -0.3 is 9.15 Å². The Bertz CT molecular complexity index is 760. The molecule has 3 aromatic rings. The van der Waals surface area contributed by atoms with Gasteiger partial charge in [-0.05, 0) is 31.2 Å². The van der Waals surface area contributed by atoms with Gasteiger partial charge in [0.25, 0.3) is 5.69 Å². The smallest absolute Gasteiger partial charge is 0.380 e. The molecule has 0 aliphatic heterocycles. The van der Waals surface area contributed by atoms with Gasteiger partial charge in [-0.2, -0.15) is 4.57 Å². The van der Waals surface area contributed by atoms with E-state index < -0.39 is 0 Å². The first-order valence-electron chi connectivity index (χ1n) is 6.89. The monoisotopic (exact) mass is 280 g/mol. The van der Waals surface area contributed by atoms with Gasteiger partial charge in [-0.15, -0.1) is 0 Å². The van der Waals surface area contributed by atoms with Gasteiger partial charge >= 0.3 is 5.89 Å². The van der Waals surface area contributed by atoms with E-state index in [0.29, 0.717) is 0 Å². The van der Waals surface area contributed by atoms with E-state index in [1.807, 2.05) is 49.5 Å². The summed E-state index contributed by atoms with van der Waals surface area (Å²) < 4.78 is 13.3. The van der Waals surface area contributed by atoms with E-state index >= 15 is 0 Å². The lowest BCUT2D eigenvalue weighted by molar-refractivity contribution is -0.651. The zero-order valence-corrected chi connectivity index (χ0v) is 12.5. The normalized spacial score (nSPS) is 10.6. The Balaban J connectivity index is 2.12. The van der Waals surface area contributed by atoms with E-state index in [-0.39, 0.29) is 0 Å². The molecular weight excluding hydrogens is 262 g/mol. The predicted molar refractivity (Wildman–Crippen MR) is 82.0 cm³/mol. The maximum atomic E-state index is 5.79. The lowest BCUT2D eigenvalue weighted by Gasteiger charge is -2.06. The number of benzene rings is 2. The van der Waals surface area contributed by atoms with Crippen molar-refractivity contribution in [3.63, 3.8) is 0 Å². The van der Waals surface area contributed by atoms with Crippen molar-refractivity contribution in [2.45, 2.75) is 6.92 Å². The molecule has 0 aliphatic carbocycles. The molecule has 21 heavy (non-hydrogen) atoms. The van der Waals surface area contributed by atoms with Crippen LogP contribution in [0.15, 0.2) is 59.2 Å². The lowest BCUT2D eigenvalue weighted by Crippen LogP contribution is -2.30. The molecule has 0 amide bonds. The van der Waals surface area contributed by atoms with Crippen molar-refractivity contribution in [1.82, 2.24) is 0 Å². The van der Waals surface area contributed by atoms with Gasteiger partial charge in [0, 0.05) is 5.56 Å². The van der Waals surface area contributed by atoms with Crippen LogP contribution in [0.5, 0.6) is 5.75 Å². The third-order valence-corrected chi connectivity index (χ3v) is 3.75. The molecule has 0 aliphatic rings. The van der Waals surface area contributed by atoms with Crippen LogP contribution in [-0.2, 0) is 7.05 Å². The van der Waals surface area contributed by atoms with Crippen LogP contribution in [0, 0.1) is 6.92 Å². The number of aromatic nitrogens is 1. The van der Waals surface area contributed by atoms with E-state index in [4.69, 9.17) is 9.15 Å². The van der Waals surface area contributed by atoms with Crippen LogP contribution in [0.25, 0.3) is 22.7 Å². The van der Waals surface area contributed by atoms with Crippen molar-refractivity contribution >= 4 is 0 Å². The number of nitrogens with zero attached hydrogens (tertiary/aromatic N) is 1. The van der Waals surface area contributed by atoms with Gasteiger partial charge in [0.15, 0.2) is 6.26 Å². The summed E-state index contributed by atoms with van der Waals surface area (Å²) in [4.78, 5) is 0. The highest BCUT2D eigenvalue weighted by atomic mass is 16.5. The number of methoxy groups -OCH3 is 1. The summed E-state index contributed by atoms with van der Waals surface area (Å²) in [6.07, 6.45) is 1.80. The molecule has 2 aromatic carbocycles. The summed E-state index contributed by atoms with van der Waals surface area (Å²) in [5.41, 5.74) is 4.32. The fraction of sp³-hybridized carbons (Fsp3) is 0.167. The maximum absolute atomic E-state index is 5.79. The minimum Gasteiger partial charge on any atom is -0.496 e. The van der Waals surface area contributed by atoms with E-state index in [0.717, 1.165) is 34.0 Å². The average Bonchev–Trinajstić information content (AvgIpc) is 2.90. The van der Waals surface area contributed by atoms with Crippen molar-refractivity contribution in [1.29, 1.82) is 0 Å². The van der Waals surface area contributed by atoms with Gasteiger partial charge in [-0.1, -0.05) is 24.3 Å². The molecule has 0 radical (unpaired) electrons. The molecule has 0 spiro atoms. The molecule has 1 heterocycles. The van der Waals surface area contributed by atoms with Crippen LogP contribution in [0.1, 0.15) is 5.56 Å². The molecule has 3 nitrogen and oxygen atoms in total. The molecule has 0 saturated carbocycles. The highest BCUT2D eigenvalue weighted by Crippen LogP contribution is 2.29. The first kappa shape index (κ1) is 13.4. The summed E-state index contributed by atoms with van der Waals surface area (Å²) in [6.45, 7) is 2.06. The minimum atomic E-state index is 0.841. The van der Waals surface area contributed by atoms with Gasteiger partial charge in [0.2, 0.25) is 0 Å². The quantitative estimate of drug-likeness (QED) is 0.683. The van der Waals surface area contributed by atoms with Gasteiger partial charge in [-0.3, -0.25) is 0 Å². The Morgan fingerprint density at radius 3 is 2.48 bits per heavy atom. The Hall–Kier alpha value is -2.55. The molecule has 0 atom stereocenters. The molecule has 0 N–H and O–H groups in total. The number of ether oxygens (including phenoxy) is 1. The summed E-state index contributed by atoms with van der Waals surface area (Å²) in [7, 11) is 3.71. The maximum Gasteiger partial charge on any atom is 0.380 e. The topological polar surface area (TPSA) is 26.2 Å². The second-order valence-electron chi connectivity index (χ2n) is 4.98. The first-order chi connectivity index (χ1) is 10.2. The van der Waals surface area contributed by atoms with Crippen LogP contribution in [-0.4, -0.2) is 7.11 Å². The average molecular weight is 280 g/mol. The third-order valence-electron chi connectivity index (χ3n) is 3.75. The summed E-state index contributed by atoms with van der Waals surface area (Å²) >= 11 is 0. The number of oxazole rings is 1. The molecule has 0 unspecified atom stereocenters. The van der Waals surface area contributed by atoms with Crippen LogP contribution in [0.4, 0.5) is 0 Å². The standard InChI is InChI=1S/C18H18NO2/c1-13-15(10-7-11-17(13)20-3)16-12-21-18(19(16)2)14-8-5-4-6-9-14/h4-12H,1-3H3/q+1. The molecule has 0 fully saturated rings. The summed E-state index contributed by atoms with van der Waals surface area (Å²) in [5.74, 6) is 1.72. The number of hydrogen-bond donors (Lipinski definition) is 0. The fourth-order valence-corrected chi connectivity index (χ4v) is 2.58. The highest BCUT2D eigenvalue weighted by Gasteiger charge is 2.23. The molecule has 0 saturated heterocycles. The molecule has 1 aromatic heterocycles. The van der Waals surface area contributed by atoms with Gasteiger partial charge in [0.05, 0.1) is 18.2 Å². The SMILES string of the molecule is COc1cccc(-c2coc(-c3ccccc3)[n+]2C)c1C. The second kappa shape index (κ2) is 5.44. The summed E-state index contributed by atoms with van der Waals surface area (Å²) in [5, 5.41) is 0. The lowest BCUT2D eigenvalue weighted by atomic mass is 10.1. The van der Waals surface area contributed by atoms with Gasteiger partial charge in [-0.25, -0.2) is 0 Å². The molecule has 106 valence electrons. The van der Waals surface area contributed by atoms with Crippen molar-refractivity contribution in [3.05, 3.63) is 60.4 Å². The molecule has 3 rings (SSSR count). The Morgan fingerprint density at radius 1 is 1.00 bits per heavy atom. The zero-order chi connectivity index (χ0) is 14.8. The van der Waals surface area contributed by atoms with E-state index in [2.05, 4.69) is 17.6 Å². The van der Waals surface area contributed by atoms with Crippen molar-refractivity contribution < 1.29 is 13.7 Å². The summed E-state index contributed by atoms with van der Waals surface area (Å²) in [6, 6.07) is 16.1.